The van der Waals surface area contributed by atoms with E-state index in [0.717, 1.165) is 107 Å². The maximum atomic E-state index is 7.21. The topological polar surface area (TPSA) is 80.1 Å². The van der Waals surface area contributed by atoms with Crippen molar-refractivity contribution in [3.8, 4) is 28.3 Å². The Hall–Kier alpha value is -4.77. The molecule has 1 fully saturated rings. The Balaban J connectivity index is 1.11. The highest BCUT2D eigenvalue weighted by atomic mass is 35.5. The highest BCUT2D eigenvalue weighted by molar-refractivity contribution is 6.35. The van der Waals surface area contributed by atoms with E-state index in [9.17, 15) is 0 Å². The number of rotatable bonds is 9. The summed E-state index contributed by atoms with van der Waals surface area (Å²) >= 11 is 13.7. The predicted octanol–water partition coefficient (Wildman–Crippen LogP) is 10.6. The van der Waals surface area contributed by atoms with E-state index in [0.29, 0.717) is 12.4 Å². The molecule has 12 heteroatoms. The number of halogens is 2. The largest absolute Gasteiger partial charge is 0.494 e. The number of fused-ring (bicyclic) bond motifs is 4. The van der Waals surface area contributed by atoms with Crippen LogP contribution in [0.2, 0.25) is 10.0 Å². The van der Waals surface area contributed by atoms with Crippen LogP contribution in [0.3, 0.4) is 0 Å². The molecule has 2 atom stereocenters. The van der Waals surface area contributed by atoms with Crippen LogP contribution in [0.4, 0.5) is 5.69 Å². The van der Waals surface area contributed by atoms with Gasteiger partial charge in [-0.3, -0.25) is 4.68 Å². The standard InChI is InChI=1S/C45H50Cl2N8O2/c1-26-19-32(20-27(2)43(26)47)56-18-10-11-33-34-14-15-36(46)42(41-29(4)49-52(7)30(41)5)44(34)55-28(3)22-53(24-39(33)55)38-23-51(6)37-16-13-31(21-35(37)38)45-48-25-54(50-45)40-12-8-9-17-57-40/h13-16,19-21,23,25,28,40H,8-12,17-18,22,24H2,1-7H3/t28-,40?/m1/s1. The SMILES string of the molecule is Cc1cc(OCCCc2c3n(c4c(-c5c(C)nn(C)c5C)c(Cl)ccc24)[C@H](C)CN(c2cn(C)c4ccc(-c5ncn(C6CCCCO6)n5)cc24)C3)cc(C)c1Cl. The summed E-state index contributed by atoms with van der Waals surface area (Å²) in [6, 6.07) is 15.1. The molecule has 0 amide bonds. The number of hydrogen-bond donors (Lipinski definition) is 0. The lowest BCUT2D eigenvalue weighted by Gasteiger charge is -2.36. The smallest absolute Gasteiger partial charge is 0.181 e. The Bertz CT molecular complexity index is 2640. The fraction of sp³-hybridized carbons (Fsp3) is 0.400. The van der Waals surface area contributed by atoms with Crippen molar-refractivity contribution < 1.29 is 9.47 Å². The van der Waals surface area contributed by atoms with E-state index in [2.05, 4.69) is 78.4 Å². The second-order valence-electron chi connectivity index (χ2n) is 16.1. The summed E-state index contributed by atoms with van der Waals surface area (Å²) in [6.45, 7) is 13.5. The van der Waals surface area contributed by atoms with Gasteiger partial charge in [-0.05, 0) is 120 Å². The zero-order valence-electron chi connectivity index (χ0n) is 33.9. The van der Waals surface area contributed by atoms with Crippen molar-refractivity contribution in [2.24, 2.45) is 14.1 Å². The molecule has 10 nitrogen and oxygen atoms in total. The molecule has 2 aliphatic heterocycles. The number of anilines is 1. The quantitative estimate of drug-likeness (QED) is 0.135. The Labute approximate surface area is 343 Å². The molecule has 57 heavy (non-hydrogen) atoms. The lowest BCUT2D eigenvalue weighted by molar-refractivity contribution is -0.0395. The van der Waals surface area contributed by atoms with Gasteiger partial charge in [0, 0.05) is 88.9 Å². The van der Waals surface area contributed by atoms with Crippen molar-refractivity contribution in [1.29, 1.82) is 0 Å². The molecule has 0 saturated carbocycles. The lowest BCUT2D eigenvalue weighted by Crippen LogP contribution is -2.36. The molecule has 9 rings (SSSR count). The molecule has 1 unspecified atom stereocenters. The molecule has 2 aliphatic rings. The van der Waals surface area contributed by atoms with Crippen LogP contribution < -0.4 is 9.64 Å². The van der Waals surface area contributed by atoms with Crippen LogP contribution in [0.25, 0.3) is 44.3 Å². The van der Waals surface area contributed by atoms with Crippen LogP contribution in [0.15, 0.2) is 55.0 Å². The van der Waals surface area contributed by atoms with Gasteiger partial charge in [0.1, 0.15) is 12.1 Å². The fourth-order valence-electron chi connectivity index (χ4n) is 9.30. The molecule has 7 aromatic rings. The number of benzene rings is 3. The number of nitrogens with zero attached hydrogens (tertiary/aromatic N) is 8. The van der Waals surface area contributed by atoms with Crippen molar-refractivity contribution in [3.05, 3.63) is 98.8 Å². The third-order valence-corrected chi connectivity index (χ3v) is 13.0. The molecule has 3 aromatic carbocycles. The van der Waals surface area contributed by atoms with Gasteiger partial charge in [-0.1, -0.05) is 29.3 Å². The summed E-state index contributed by atoms with van der Waals surface area (Å²) in [5.74, 6) is 1.57. The molecular formula is C45H50Cl2N8O2. The van der Waals surface area contributed by atoms with Gasteiger partial charge in [-0.2, -0.15) is 5.10 Å². The third-order valence-electron chi connectivity index (χ3n) is 12.1. The molecule has 0 aliphatic carbocycles. The average Bonchev–Trinajstić information content (AvgIpc) is 3.96. The highest BCUT2D eigenvalue weighted by Crippen LogP contribution is 2.46. The van der Waals surface area contributed by atoms with Gasteiger partial charge < -0.3 is 23.5 Å². The van der Waals surface area contributed by atoms with Crippen LogP contribution in [-0.4, -0.2) is 53.4 Å². The summed E-state index contributed by atoms with van der Waals surface area (Å²) in [6.07, 6.45) is 8.94. The number of aryl methyl sites for hydroxylation is 6. The number of ether oxygens (including phenoxy) is 2. The maximum Gasteiger partial charge on any atom is 0.181 e. The molecule has 4 aromatic heterocycles. The van der Waals surface area contributed by atoms with Gasteiger partial charge in [0.15, 0.2) is 12.1 Å². The van der Waals surface area contributed by atoms with E-state index in [4.69, 9.17) is 47.9 Å². The van der Waals surface area contributed by atoms with Crippen molar-refractivity contribution in [2.45, 2.75) is 85.5 Å². The normalized spacial score (nSPS) is 17.2. The van der Waals surface area contributed by atoms with E-state index in [1.807, 2.05) is 48.7 Å². The van der Waals surface area contributed by atoms with E-state index in [-0.39, 0.29) is 12.3 Å². The first-order valence-electron chi connectivity index (χ1n) is 20.1. The van der Waals surface area contributed by atoms with Crippen molar-refractivity contribution in [2.75, 3.05) is 24.7 Å². The summed E-state index contributed by atoms with van der Waals surface area (Å²) in [4.78, 5) is 7.28. The van der Waals surface area contributed by atoms with Crippen molar-refractivity contribution in [1.82, 2.24) is 33.7 Å². The second kappa shape index (κ2) is 14.9. The molecule has 0 spiro atoms. The first-order chi connectivity index (χ1) is 27.5. The summed E-state index contributed by atoms with van der Waals surface area (Å²) in [5, 5.41) is 13.7. The van der Waals surface area contributed by atoms with Crippen molar-refractivity contribution in [3.63, 3.8) is 0 Å². The van der Waals surface area contributed by atoms with E-state index in [1.54, 1.807) is 0 Å². The molecular weight excluding hydrogens is 755 g/mol. The van der Waals surface area contributed by atoms with Crippen LogP contribution in [0.1, 0.15) is 78.6 Å². The molecule has 296 valence electrons. The van der Waals surface area contributed by atoms with Gasteiger partial charge in [0.25, 0.3) is 0 Å². The van der Waals surface area contributed by atoms with Gasteiger partial charge in [-0.25, -0.2) is 9.67 Å². The van der Waals surface area contributed by atoms with Crippen LogP contribution in [0, 0.1) is 27.7 Å². The monoisotopic (exact) mass is 804 g/mol. The maximum absolute atomic E-state index is 7.21. The van der Waals surface area contributed by atoms with E-state index >= 15 is 0 Å². The Morgan fingerprint density at radius 1 is 0.930 bits per heavy atom. The first kappa shape index (κ1) is 37.8. The van der Waals surface area contributed by atoms with E-state index in [1.165, 1.54) is 38.8 Å². The molecule has 0 radical (unpaired) electrons. The fourth-order valence-corrected chi connectivity index (χ4v) is 9.66. The molecule has 1 saturated heterocycles. The number of hydrogen-bond acceptors (Lipinski definition) is 6. The van der Waals surface area contributed by atoms with Crippen molar-refractivity contribution >= 4 is 50.7 Å². The number of aromatic nitrogens is 7. The lowest BCUT2D eigenvalue weighted by atomic mass is 9.98. The Kier molecular flexibility index (Phi) is 9.86. The second-order valence-corrected chi connectivity index (χ2v) is 16.8. The Morgan fingerprint density at radius 2 is 1.74 bits per heavy atom. The minimum absolute atomic E-state index is 0.0504. The average molecular weight is 806 g/mol. The molecule has 6 heterocycles. The van der Waals surface area contributed by atoms with Crippen LogP contribution >= 0.6 is 23.2 Å². The van der Waals surface area contributed by atoms with E-state index < -0.39 is 0 Å². The molecule has 0 bridgehead atoms. The summed E-state index contributed by atoms with van der Waals surface area (Å²) < 4.78 is 21.0. The van der Waals surface area contributed by atoms with Crippen LogP contribution in [0.5, 0.6) is 5.75 Å². The van der Waals surface area contributed by atoms with Crippen LogP contribution in [-0.2, 0) is 31.8 Å². The molecule has 0 N–H and O–H groups in total. The van der Waals surface area contributed by atoms with Gasteiger partial charge >= 0.3 is 0 Å². The minimum Gasteiger partial charge on any atom is -0.494 e. The van der Waals surface area contributed by atoms with Gasteiger partial charge in [-0.15, -0.1) is 5.10 Å². The summed E-state index contributed by atoms with van der Waals surface area (Å²) in [5.41, 5.74) is 13.5. The highest BCUT2D eigenvalue weighted by Gasteiger charge is 2.32. The van der Waals surface area contributed by atoms with Gasteiger partial charge in [0.2, 0.25) is 0 Å². The Morgan fingerprint density at radius 3 is 2.47 bits per heavy atom. The predicted molar refractivity (Wildman–Crippen MR) is 230 cm³/mol. The zero-order chi connectivity index (χ0) is 39.7. The third kappa shape index (κ3) is 6.59. The zero-order valence-corrected chi connectivity index (χ0v) is 35.4. The minimum atomic E-state index is -0.0504. The first-order valence-corrected chi connectivity index (χ1v) is 20.9. The van der Waals surface area contributed by atoms with Gasteiger partial charge in [0.05, 0.1) is 35.1 Å². The summed E-state index contributed by atoms with van der Waals surface area (Å²) in [7, 11) is 4.14.